The first-order chi connectivity index (χ1) is 9.04. The fourth-order valence-electron chi connectivity index (χ4n) is 1.91. The summed E-state index contributed by atoms with van der Waals surface area (Å²) in [5, 5.41) is 0. The van der Waals surface area contributed by atoms with Crippen LogP contribution < -0.4 is 14.4 Å². The van der Waals surface area contributed by atoms with Crippen LogP contribution in [0.1, 0.15) is 12.8 Å². The molecule has 19 heavy (non-hydrogen) atoms. The van der Waals surface area contributed by atoms with Crippen LogP contribution in [0.25, 0.3) is 0 Å². The third-order valence-electron chi connectivity index (χ3n) is 2.77. The van der Waals surface area contributed by atoms with E-state index in [-0.39, 0.29) is 13.2 Å². The number of nitrogens with zero attached hydrogens (tertiary/aromatic N) is 3. The Bertz CT molecular complexity index is 514. The molecule has 0 unspecified atom stereocenters. The number of nitrogens with one attached hydrogen (secondary N) is 1. The van der Waals surface area contributed by atoms with Gasteiger partial charge in [0.2, 0.25) is 15.9 Å². The lowest BCUT2D eigenvalue weighted by molar-refractivity contribution is 0.310. The van der Waals surface area contributed by atoms with E-state index < -0.39 is 10.0 Å². The molecule has 8 heteroatoms. The molecule has 1 aliphatic rings. The van der Waals surface area contributed by atoms with Crippen molar-refractivity contribution in [1.82, 2.24) is 14.7 Å². The summed E-state index contributed by atoms with van der Waals surface area (Å²) in [7, 11) is -3.17. The van der Waals surface area contributed by atoms with E-state index in [1.54, 1.807) is 6.07 Å². The Morgan fingerprint density at radius 3 is 2.79 bits per heavy atom. The van der Waals surface area contributed by atoms with Gasteiger partial charge in [-0.2, -0.15) is 0 Å². The van der Waals surface area contributed by atoms with Crippen LogP contribution >= 0.6 is 0 Å². The minimum Gasteiger partial charge on any atom is -0.476 e. The maximum Gasteiger partial charge on any atom is 0.218 e. The number of aromatic nitrogens is 2. The highest BCUT2D eigenvalue weighted by molar-refractivity contribution is 7.88. The predicted octanol–water partition coefficient (Wildman–Crippen LogP) is 0.00480. The molecule has 1 aliphatic heterocycles. The van der Waals surface area contributed by atoms with Crippen molar-refractivity contribution in [3.63, 3.8) is 0 Å². The van der Waals surface area contributed by atoms with Gasteiger partial charge in [-0.25, -0.2) is 23.1 Å². The summed E-state index contributed by atoms with van der Waals surface area (Å²) in [6.07, 6.45) is 4.94. The van der Waals surface area contributed by atoms with Crippen LogP contribution in [0.5, 0.6) is 5.88 Å². The quantitative estimate of drug-likeness (QED) is 0.741. The molecule has 1 aromatic rings. The van der Waals surface area contributed by atoms with Gasteiger partial charge in [0.25, 0.3) is 0 Å². The van der Waals surface area contributed by atoms with E-state index in [0.29, 0.717) is 5.88 Å². The van der Waals surface area contributed by atoms with Crippen molar-refractivity contribution in [2.75, 3.05) is 37.4 Å². The van der Waals surface area contributed by atoms with Crippen LogP contribution in [0.15, 0.2) is 12.4 Å². The van der Waals surface area contributed by atoms with Gasteiger partial charge in [0, 0.05) is 25.7 Å². The van der Waals surface area contributed by atoms with Gasteiger partial charge in [-0.05, 0) is 12.8 Å². The topological polar surface area (TPSA) is 84.4 Å². The summed E-state index contributed by atoms with van der Waals surface area (Å²) in [6, 6.07) is 1.78. The number of hydrogen-bond acceptors (Lipinski definition) is 6. The molecule has 0 aromatic carbocycles. The van der Waals surface area contributed by atoms with Crippen LogP contribution in [0, 0.1) is 0 Å². The van der Waals surface area contributed by atoms with Crippen molar-refractivity contribution in [3.8, 4) is 5.88 Å². The van der Waals surface area contributed by atoms with Crippen molar-refractivity contribution in [2.24, 2.45) is 0 Å². The molecule has 1 saturated heterocycles. The van der Waals surface area contributed by atoms with Gasteiger partial charge in [-0.15, -0.1) is 0 Å². The molecule has 2 rings (SSSR count). The lowest BCUT2D eigenvalue weighted by Gasteiger charge is -2.16. The highest BCUT2D eigenvalue weighted by Gasteiger charge is 2.14. The molecule has 1 fully saturated rings. The lowest BCUT2D eigenvalue weighted by atomic mass is 10.4. The van der Waals surface area contributed by atoms with E-state index in [1.165, 1.54) is 19.2 Å². The summed E-state index contributed by atoms with van der Waals surface area (Å²) in [5.41, 5.74) is 0. The Morgan fingerprint density at radius 2 is 2.11 bits per heavy atom. The van der Waals surface area contributed by atoms with Crippen molar-refractivity contribution in [1.29, 1.82) is 0 Å². The first-order valence-corrected chi connectivity index (χ1v) is 8.08. The summed E-state index contributed by atoms with van der Waals surface area (Å²) >= 11 is 0. The number of ether oxygens (including phenoxy) is 1. The molecule has 7 nitrogen and oxygen atoms in total. The maximum absolute atomic E-state index is 10.9. The molecule has 0 radical (unpaired) electrons. The Morgan fingerprint density at radius 1 is 1.37 bits per heavy atom. The molecule has 2 heterocycles. The van der Waals surface area contributed by atoms with Crippen LogP contribution in [0.3, 0.4) is 0 Å². The first kappa shape index (κ1) is 14.0. The molecule has 0 atom stereocenters. The lowest BCUT2D eigenvalue weighted by Crippen LogP contribution is -2.27. The summed E-state index contributed by atoms with van der Waals surface area (Å²) in [6.45, 7) is 2.48. The summed E-state index contributed by atoms with van der Waals surface area (Å²) in [4.78, 5) is 10.4. The molecule has 0 bridgehead atoms. The average molecular weight is 286 g/mol. The number of sulfonamides is 1. The molecular formula is C11H18N4O3S. The van der Waals surface area contributed by atoms with E-state index in [1.807, 2.05) is 0 Å². The molecule has 1 aromatic heterocycles. The molecule has 0 spiro atoms. The molecule has 0 saturated carbocycles. The molecular weight excluding hydrogens is 268 g/mol. The second-order valence-corrected chi connectivity index (χ2v) is 6.26. The third-order valence-corrected chi connectivity index (χ3v) is 3.50. The van der Waals surface area contributed by atoms with E-state index in [0.717, 1.165) is 25.2 Å². The standard InChI is InChI=1S/C11H18N4O3S/c1-19(16,17)14-4-7-18-11-8-10(12-9-13-11)15-5-2-3-6-15/h8-9,14H,2-7H2,1H3. The van der Waals surface area contributed by atoms with Gasteiger partial charge in [-0.3, -0.25) is 0 Å². The number of anilines is 1. The molecule has 0 aliphatic carbocycles. The molecule has 106 valence electrons. The van der Waals surface area contributed by atoms with E-state index >= 15 is 0 Å². The summed E-state index contributed by atoms with van der Waals surface area (Å²) in [5.74, 6) is 1.32. The van der Waals surface area contributed by atoms with Gasteiger partial charge in [0.1, 0.15) is 18.8 Å². The van der Waals surface area contributed by atoms with E-state index in [4.69, 9.17) is 4.74 Å². The Kier molecular flexibility index (Phi) is 4.54. The Balaban J connectivity index is 1.85. The average Bonchev–Trinajstić information content (AvgIpc) is 2.88. The van der Waals surface area contributed by atoms with Gasteiger partial charge in [0.05, 0.1) is 6.26 Å². The van der Waals surface area contributed by atoms with E-state index in [2.05, 4.69) is 19.6 Å². The van der Waals surface area contributed by atoms with Crippen LogP contribution in [-0.4, -0.2) is 50.9 Å². The second-order valence-electron chi connectivity index (χ2n) is 4.42. The second kappa shape index (κ2) is 6.16. The van der Waals surface area contributed by atoms with Crippen LogP contribution in [0.2, 0.25) is 0 Å². The highest BCUT2D eigenvalue weighted by atomic mass is 32.2. The van der Waals surface area contributed by atoms with Crippen molar-refractivity contribution >= 4 is 15.8 Å². The van der Waals surface area contributed by atoms with E-state index in [9.17, 15) is 8.42 Å². The molecule has 0 amide bonds. The van der Waals surface area contributed by atoms with Crippen molar-refractivity contribution in [3.05, 3.63) is 12.4 Å². The van der Waals surface area contributed by atoms with Crippen LogP contribution in [-0.2, 0) is 10.0 Å². The van der Waals surface area contributed by atoms with Crippen LogP contribution in [0.4, 0.5) is 5.82 Å². The smallest absolute Gasteiger partial charge is 0.218 e. The van der Waals surface area contributed by atoms with Gasteiger partial charge in [0.15, 0.2) is 0 Å². The highest BCUT2D eigenvalue weighted by Crippen LogP contribution is 2.19. The number of rotatable bonds is 6. The largest absolute Gasteiger partial charge is 0.476 e. The first-order valence-electron chi connectivity index (χ1n) is 6.19. The Hall–Kier alpha value is -1.41. The number of hydrogen-bond donors (Lipinski definition) is 1. The fourth-order valence-corrected chi connectivity index (χ4v) is 2.36. The zero-order chi connectivity index (χ0) is 13.7. The zero-order valence-electron chi connectivity index (χ0n) is 10.9. The minimum absolute atomic E-state index is 0.224. The minimum atomic E-state index is -3.17. The molecule has 1 N–H and O–H groups in total. The Labute approximate surface area is 113 Å². The fraction of sp³-hybridized carbons (Fsp3) is 0.636. The van der Waals surface area contributed by atoms with Gasteiger partial charge in [-0.1, -0.05) is 0 Å². The summed E-state index contributed by atoms with van der Waals surface area (Å²) < 4.78 is 29.5. The van der Waals surface area contributed by atoms with Crippen molar-refractivity contribution < 1.29 is 13.2 Å². The SMILES string of the molecule is CS(=O)(=O)NCCOc1cc(N2CCCC2)ncn1. The predicted molar refractivity (Wildman–Crippen MR) is 71.8 cm³/mol. The monoisotopic (exact) mass is 286 g/mol. The normalized spacial score (nSPS) is 15.7. The van der Waals surface area contributed by atoms with Crippen molar-refractivity contribution in [2.45, 2.75) is 12.8 Å². The van der Waals surface area contributed by atoms with Gasteiger partial charge < -0.3 is 9.64 Å². The van der Waals surface area contributed by atoms with Gasteiger partial charge >= 0.3 is 0 Å². The maximum atomic E-state index is 10.9. The third kappa shape index (κ3) is 4.64. The zero-order valence-corrected chi connectivity index (χ0v) is 11.7.